The number of alkyl carbamates (subject to hydrolysis) is 1. The Morgan fingerprint density at radius 3 is 2.47 bits per heavy atom. The summed E-state index contributed by atoms with van der Waals surface area (Å²) >= 11 is 0. The number of nitrogens with one attached hydrogen (secondary N) is 1. The summed E-state index contributed by atoms with van der Waals surface area (Å²) in [5.74, 6) is 0.0866. The van der Waals surface area contributed by atoms with Crippen molar-refractivity contribution < 1.29 is 14.3 Å². The highest BCUT2D eigenvalue weighted by Crippen LogP contribution is 2.22. The average molecular weight is 242 g/mol. The lowest BCUT2D eigenvalue weighted by Gasteiger charge is -2.33. The first-order chi connectivity index (χ1) is 8.15. The van der Waals surface area contributed by atoms with E-state index < -0.39 is 6.09 Å². The third-order valence-electron chi connectivity index (χ3n) is 3.23. The van der Waals surface area contributed by atoms with Crippen molar-refractivity contribution in [3.05, 3.63) is 0 Å². The molecule has 0 aliphatic heterocycles. The molecule has 1 N–H and O–H groups in total. The molecule has 1 aliphatic carbocycles. The van der Waals surface area contributed by atoms with Gasteiger partial charge in [-0.05, 0) is 12.8 Å². The summed E-state index contributed by atoms with van der Waals surface area (Å²) in [5.41, 5.74) is 0. The molecule has 0 unspecified atom stereocenters. The zero-order chi connectivity index (χ0) is 12.7. The molecule has 5 nitrogen and oxygen atoms in total. The van der Waals surface area contributed by atoms with E-state index in [0.717, 1.165) is 12.8 Å². The molecular formula is C12H22N2O3. The smallest absolute Gasteiger partial charge is 0.406 e. The van der Waals surface area contributed by atoms with E-state index in [9.17, 15) is 9.59 Å². The number of carbonyl (C=O) groups excluding carboxylic acids is 2. The number of ether oxygens (including phenoxy) is 1. The standard InChI is InChI=1S/C12H22N2O3/c1-10(15)14(9-8-13-12(16)17-2)11-6-4-3-5-7-11/h11H,3-9H2,1-2H3,(H,13,16). The van der Waals surface area contributed by atoms with Crippen molar-refractivity contribution >= 4 is 12.0 Å². The predicted octanol–water partition coefficient (Wildman–Crippen LogP) is 1.52. The van der Waals surface area contributed by atoms with Crippen LogP contribution in [-0.4, -0.2) is 43.1 Å². The molecular weight excluding hydrogens is 220 g/mol. The minimum absolute atomic E-state index is 0.0866. The molecule has 0 aromatic carbocycles. The third-order valence-corrected chi connectivity index (χ3v) is 3.23. The van der Waals surface area contributed by atoms with Crippen LogP contribution in [-0.2, 0) is 9.53 Å². The van der Waals surface area contributed by atoms with Gasteiger partial charge in [-0.1, -0.05) is 19.3 Å². The summed E-state index contributed by atoms with van der Waals surface area (Å²) in [7, 11) is 1.33. The van der Waals surface area contributed by atoms with E-state index in [1.54, 1.807) is 6.92 Å². The Balaban J connectivity index is 2.37. The topological polar surface area (TPSA) is 58.6 Å². The monoisotopic (exact) mass is 242 g/mol. The highest BCUT2D eigenvalue weighted by atomic mass is 16.5. The first-order valence-electron chi connectivity index (χ1n) is 6.24. The molecule has 0 aromatic rings. The van der Waals surface area contributed by atoms with Gasteiger partial charge in [0.1, 0.15) is 0 Å². The van der Waals surface area contributed by atoms with Crippen molar-refractivity contribution in [1.82, 2.24) is 10.2 Å². The zero-order valence-electron chi connectivity index (χ0n) is 10.7. The molecule has 2 amide bonds. The largest absolute Gasteiger partial charge is 0.453 e. The van der Waals surface area contributed by atoms with Crippen LogP contribution >= 0.6 is 0 Å². The van der Waals surface area contributed by atoms with E-state index in [2.05, 4.69) is 10.1 Å². The van der Waals surface area contributed by atoms with Crippen molar-refractivity contribution in [3.63, 3.8) is 0 Å². The molecule has 0 bridgehead atoms. The number of hydrogen-bond acceptors (Lipinski definition) is 3. The highest BCUT2D eigenvalue weighted by molar-refractivity contribution is 5.73. The summed E-state index contributed by atoms with van der Waals surface area (Å²) in [6.45, 7) is 2.60. The summed E-state index contributed by atoms with van der Waals surface area (Å²) in [6, 6.07) is 0.348. The lowest BCUT2D eigenvalue weighted by Crippen LogP contribution is -2.44. The Kier molecular flexibility index (Phi) is 5.80. The molecule has 1 rings (SSSR count). The van der Waals surface area contributed by atoms with Crippen LogP contribution in [0.5, 0.6) is 0 Å². The van der Waals surface area contributed by atoms with Gasteiger partial charge in [-0.25, -0.2) is 4.79 Å². The van der Waals surface area contributed by atoms with Gasteiger partial charge in [-0.15, -0.1) is 0 Å². The van der Waals surface area contributed by atoms with Crippen LogP contribution in [0.15, 0.2) is 0 Å². The number of rotatable bonds is 4. The summed E-state index contributed by atoms with van der Waals surface area (Å²) in [5, 5.41) is 2.60. The maximum Gasteiger partial charge on any atom is 0.406 e. The molecule has 0 radical (unpaired) electrons. The maximum absolute atomic E-state index is 11.6. The van der Waals surface area contributed by atoms with E-state index in [1.807, 2.05) is 4.90 Å². The number of carbonyl (C=O) groups is 2. The van der Waals surface area contributed by atoms with E-state index >= 15 is 0 Å². The molecule has 98 valence electrons. The number of hydrogen-bond donors (Lipinski definition) is 1. The Morgan fingerprint density at radius 1 is 1.29 bits per heavy atom. The van der Waals surface area contributed by atoms with Crippen LogP contribution in [0, 0.1) is 0 Å². The van der Waals surface area contributed by atoms with E-state index in [0.29, 0.717) is 19.1 Å². The Bertz CT molecular complexity index is 262. The van der Waals surface area contributed by atoms with Crippen LogP contribution < -0.4 is 5.32 Å². The fraction of sp³-hybridized carbons (Fsp3) is 0.833. The lowest BCUT2D eigenvalue weighted by molar-refractivity contribution is -0.131. The molecule has 0 saturated heterocycles. The Morgan fingerprint density at radius 2 is 1.94 bits per heavy atom. The minimum Gasteiger partial charge on any atom is -0.453 e. The minimum atomic E-state index is -0.447. The molecule has 1 saturated carbocycles. The van der Waals surface area contributed by atoms with Gasteiger partial charge in [-0.3, -0.25) is 4.79 Å². The molecule has 5 heteroatoms. The molecule has 0 heterocycles. The SMILES string of the molecule is COC(=O)NCCN(C(C)=O)C1CCCCC1. The van der Waals surface area contributed by atoms with Gasteiger partial charge in [0.15, 0.2) is 0 Å². The van der Waals surface area contributed by atoms with Gasteiger partial charge < -0.3 is 15.0 Å². The summed E-state index contributed by atoms with van der Waals surface area (Å²) in [4.78, 5) is 24.3. The molecule has 1 aliphatic rings. The summed E-state index contributed by atoms with van der Waals surface area (Å²) < 4.78 is 4.48. The molecule has 17 heavy (non-hydrogen) atoms. The molecule has 1 fully saturated rings. The van der Waals surface area contributed by atoms with Crippen LogP contribution in [0.1, 0.15) is 39.0 Å². The fourth-order valence-corrected chi connectivity index (χ4v) is 2.34. The number of nitrogens with zero attached hydrogens (tertiary/aromatic N) is 1. The van der Waals surface area contributed by atoms with Crippen molar-refractivity contribution in [2.24, 2.45) is 0 Å². The fourth-order valence-electron chi connectivity index (χ4n) is 2.34. The lowest BCUT2D eigenvalue weighted by atomic mass is 9.94. The Labute approximate surface area is 102 Å². The Hall–Kier alpha value is -1.26. The number of methoxy groups -OCH3 is 1. The van der Waals surface area contributed by atoms with Gasteiger partial charge in [-0.2, -0.15) is 0 Å². The van der Waals surface area contributed by atoms with Gasteiger partial charge in [0, 0.05) is 26.1 Å². The first kappa shape index (κ1) is 13.8. The van der Waals surface area contributed by atoms with Gasteiger partial charge in [0.05, 0.1) is 7.11 Å². The van der Waals surface area contributed by atoms with E-state index in [1.165, 1.54) is 26.4 Å². The molecule has 0 aromatic heterocycles. The predicted molar refractivity (Wildman–Crippen MR) is 64.7 cm³/mol. The number of amides is 2. The second kappa shape index (κ2) is 7.14. The average Bonchev–Trinajstić information content (AvgIpc) is 2.34. The second-order valence-electron chi connectivity index (χ2n) is 4.42. The highest BCUT2D eigenvalue weighted by Gasteiger charge is 2.22. The van der Waals surface area contributed by atoms with E-state index in [4.69, 9.17) is 0 Å². The third kappa shape index (κ3) is 4.63. The van der Waals surface area contributed by atoms with Crippen molar-refractivity contribution in [1.29, 1.82) is 0 Å². The van der Waals surface area contributed by atoms with Gasteiger partial charge >= 0.3 is 6.09 Å². The van der Waals surface area contributed by atoms with Crippen LogP contribution in [0.4, 0.5) is 4.79 Å². The van der Waals surface area contributed by atoms with Crippen LogP contribution in [0.3, 0.4) is 0 Å². The normalized spacial score (nSPS) is 16.4. The second-order valence-corrected chi connectivity index (χ2v) is 4.42. The maximum atomic E-state index is 11.6. The van der Waals surface area contributed by atoms with Crippen molar-refractivity contribution in [3.8, 4) is 0 Å². The first-order valence-corrected chi connectivity index (χ1v) is 6.24. The van der Waals surface area contributed by atoms with E-state index in [-0.39, 0.29) is 5.91 Å². The van der Waals surface area contributed by atoms with Gasteiger partial charge in [0.25, 0.3) is 0 Å². The van der Waals surface area contributed by atoms with Crippen LogP contribution in [0.2, 0.25) is 0 Å². The summed E-state index contributed by atoms with van der Waals surface area (Å²) in [6.07, 6.45) is 5.37. The van der Waals surface area contributed by atoms with Gasteiger partial charge in [0.2, 0.25) is 5.91 Å². The zero-order valence-corrected chi connectivity index (χ0v) is 10.7. The van der Waals surface area contributed by atoms with Crippen LogP contribution in [0.25, 0.3) is 0 Å². The van der Waals surface area contributed by atoms with Crippen molar-refractivity contribution in [2.75, 3.05) is 20.2 Å². The molecule has 0 atom stereocenters. The van der Waals surface area contributed by atoms with Crippen molar-refractivity contribution in [2.45, 2.75) is 45.1 Å². The quantitative estimate of drug-likeness (QED) is 0.813. The molecule has 0 spiro atoms.